The number of benzene rings is 2. The Kier molecular flexibility index (Phi) is 7.57. The van der Waals surface area contributed by atoms with Gasteiger partial charge in [-0.3, -0.25) is 0 Å². The fourth-order valence-electron chi connectivity index (χ4n) is 3.93. The number of ether oxygens (including phenoxy) is 1. The second kappa shape index (κ2) is 10.4. The second-order valence-corrected chi connectivity index (χ2v) is 7.74. The lowest BCUT2D eigenvalue weighted by molar-refractivity contribution is 0.150. The zero-order valence-electron chi connectivity index (χ0n) is 16.2. The minimum atomic E-state index is 0.674. The van der Waals surface area contributed by atoms with Crippen molar-refractivity contribution in [3.8, 4) is 5.75 Å². The highest BCUT2D eigenvalue weighted by Crippen LogP contribution is 2.23. The van der Waals surface area contributed by atoms with E-state index in [0.29, 0.717) is 5.92 Å². The van der Waals surface area contributed by atoms with Crippen LogP contribution in [-0.4, -0.2) is 31.6 Å². The summed E-state index contributed by atoms with van der Waals surface area (Å²) in [4.78, 5) is 2.43. The Morgan fingerprint density at radius 2 is 1.69 bits per heavy atom. The van der Waals surface area contributed by atoms with Crippen molar-refractivity contribution in [1.29, 1.82) is 0 Å². The Morgan fingerprint density at radius 3 is 2.54 bits per heavy atom. The number of nitrogens with zero attached hydrogens (tertiary/aromatic N) is 1. The third-order valence-corrected chi connectivity index (χ3v) is 5.42. The Hall–Kier alpha value is -1.80. The molecule has 1 saturated heterocycles. The van der Waals surface area contributed by atoms with E-state index in [1.165, 1.54) is 62.7 Å². The van der Waals surface area contributed by atoms with Gasteiger partial charge in [-0.1, -0.05) is 55.0 Å². The number of piperidine rings is 1. The van der Waals surface area contributed by atoms with Crippen LogP contribution in [0.4, 0.5) is 0 Å². The highest BCUT2D eigenvalue weighted by molar-refractivity contribution is 5.33. The summed E-state index contributed by atoms with van der Waals surface area (Å²) in [7, 11) is 2.22. The number of hydrogen-bond acceptors (Lipinski definition) is 2. The van der Waals surface area contributed by atoms with E-state index in [2.05, 4.69) is 66.5 Å². The predicted molar refractivity (Wildman–Crippen MR) is 110 cm³/mol. The van der Waals surface area contributed by atoms with Crippen LogP contribution in [0.1, 0.15) is 43.2 Å². The van der Waals surface area contributed by atoms with Gasteiger partial charge >= 0.3 is 0 Å². The first-order valence-corrected chi connectivity index (χ1v) is 10.2. The number of likely N-dealkylation sites (tertiary alicyclic amines) is 1. The van der Waals surface area contributed by atoms with E-state index >= 15 is 0 Å². The molecule has 0 N–H and O–H groups in total. The molecule has 0 bridgehead atoms. The molecule has 0 saturated carbocycles. The van der Waals surface area contributed by atoms with E-state index in [1.54, 1.807) is 0 Å². The third kappa shape index (κ3) is 6.17. The van der Waals surface area contributed by atoms with Gasteiger partial charge < -0.3 is 9.64 Å². The molecule has 0 aliphatic carbocycles. The lowest BCUT2D eigenvalue weighted by Gasteiger charge is -2.29. The summed E-state index contributed by atoms with van der Waals surface area (Å²) in [5, 5.41) is 0. The first-order chi connectivity index (χ1) is 12.8. The number of hydrogen-bond donors (Lipinski definition) is 0. The Labute approximate surface area is 159 Å². The van der Waals surface area contributed by atoms with Gasteiger partial charge in [0.2, 0.25) is 0 Å². The third-order valence-electron chi connectivity index (χ3n) is 5.42. The second-order valence-electron chi connectivity index (χ2n) is 7.74. The van der Waals surface area contributed by atoms with Crippen LogP contribution in [0.3, 0.4) is 0 Å². The largest absolute Gasteiger partial charge is 0.493 e. The van der Waals surface area contributed by atoms with E-state index in [4.69, 9.17) is 4.74 Å². The quantitative estimate of drug-likeness (QED) is 0.564. The molecule has 1 aliphatic heterocycles. The minimum Gasteiger partial charge on any atom is -0.493 e. The molecule has 140 valence electrons. The fraction of sp³-hybridized carbons (Fsp3) is 0.500. The molecule has 1 heterocycles. The Bertz CT molecular complexity index is 640. The van der Waals surface area contributed by atoms with Crippen molar-refractivity contribution in [2.75, 3.05) is 26.7 Å². The predicted octanol–water partition coefficient (Wildman–Crippen LogP) is 5.36. The van der Waals surface area contributed by atoms with Crippen molar-refractivity contribution in [1.82, 2.24) is 4.90 Å². The number of unbranched alkanes of at least 4 members (excludes halogenated alkanes) is 2. The van der Waals surface area contributed by atoms with Crippen LogP contribution in [0.25, 0.3) is 0 Å². The van der Waals surface area contributed by atoms with Gasteiger partial charge in [-0.05, 0) is 69.3 Å². The number of rotatable bonds is 9. The maximum absolute atomic E-state index is 6.22. The van der Waals surface area contributed by atoms with Crippen LogP contribution in [0.15, 0.2) is 54.6 Å². The van der Waals surface area contributed by atoms with Crippen LogP contribution >= 0.6 is 0 Å². The Morgan fingerprint density at radius 1 is 0.923 bits per heavy atom. The summed E-state index contributed by atoms with van der Waals surface area (Å²) in [6.07, 6.45) is 8.68. The topological polar surface area (TPSA) is 12.5 Å². The van der Waals surface area contributed by atoms with Gasteiger partial charge in [-0.2, -0.15) is 0 Å². The smallest absolute Gasteiger partial charge is 0.122 e. The summed E-state index contributed by atoms with van der Waals surface area (Å²) in [5.74, 6) is 1.77. The van der Waals surface area contributed by atoms with Crippen molar-refractivity contribution < 1.29 is 4.74 Å². The van der Waals surface area contributed by atoms with Crippen molar-refractivity contribution >= 4 is 0 Å². The van der Waals surface area contributed by atoms with Gasteiger partial charge in [0.1, 0.15) is 5.75 Å². The zero-order chi connectivity index (χ0) is 18.0. The van der Waals surface area contributed by atoms with Crippen LogP contribution < -0.4 is 4.74 Å². The molecule has 26 heavy (non-hydrogen) atoms. The summed E-state index contributed by atoms with van der Waals surface area (Å²) in [6.45, 7) is 3.26. The van der Waals surface area contributed by atoms with Crippen molar-refractivity contribution in [2.45, 2.75) is 44.9 Å². The van der Waals surface area contributed by atoms with E-state index in [-0.39, 0.29) is 0 Å². The molecule has 1 fully saturated rings. The average Bonchev–Trinajstić information content (AvgIpc) is 2.68. The lowest BCUT2D eigenvalue weighted by Crippen LogP contribution is -2.34. The maximum atomic E-state index is 6.22. The van der Waals surface area contributed by atoms with Crippen LogP contribution in [0.2, 0.25) is 0 Å². The highest BCUT2D eigenvalue weighted by atomic mass is 16.5. The van der Waals surface area contributed by atoms with Crippen molar-refractivity contribution in [3.63, 3.8) is 0 Å². The first-order valence-electron chi connectivity index (χ1n) is 10.2. The molecular formula is C24H33NO. The molecule has 2 heteroatoms. The average molecular weight is 352 g/mol. The number of para-hydroxylation sites is 1. The van der Waals surface area contributed by atoms with Gasteiger partial charge in [-0.25, -0.2) is 0 Å². The maximum Gasteiger partial charge on any atom is 0.122 e. The van der Waals surface area contributed by atoms with E-state index in [1.807, 2.05) is 0 Å². The molecule has 2 aromatic carbocycles. The van der Waals surface area contributed by atoms with Gasteiger partial charge in [-0.15, -0.1) is 0 Å². The monoisotopic (exact) mass is 351 g/mol. The van der Waals surface area contributed by atoms with E-state index < -0.39 is 0 Å². The molecule has 3 rings (SSSR count). The van der Waals surface area contributed by atoms with E-state index in [9.17, 15) is 0 Å². The summed E-state index contributed by atoms with van der Waals surface area (Å²) in [5.41, 5.74) is 2.82. The molecule has 0 radical (unpaired) electrons. The summed E-state index contributed by atoms with van der Waals surface area (Å²) >= 11 is 0. The molecule has 2 aromatic rings. The molecular weight excluding hydrogens is 318 g/mol. The normalized spacial score (nSPS) is 18.0. The summed E-state index contributed by atoms with van der Waals surface area (Å²) in [6, 6.07) is 19.4. The highest BCUT2D eigenvalue weighted by Gasteiger charge is 2.18. The number of aryl methyl sites for hydroxylation is 2. The molecule has 1 aliphatic rings. The fourth-order valence-corrected chi connectivity index (χ4v) is 3.93. The molecule has 1 unspecified atom stereocenters. The first kappa shape index (κ1) is 19.0. The summed E-state index contributed by atoms with van der Waals surface area (Å²) < 4.78 is 6.22. The molecule has 0 aromatic heterocycles. The minimum absolute atomic E-state index is 0.674. The SMILES string of the molecule is CN1CCCC(COc2ccccc2CCCCCc2ccccc2)C1. The molecule has 0 amide bonds. The van der Waals surface area contributed by atoms with Gasteiger partial charge in [0, 0.05) is 12.5 Å². The lowest BCUT2D eigenvalue weighted by atomic mass is 9.99. The zero-order valence-corrected chi connectivity index (χ0v) is 16.2. The van der Waals surface area contributed by atoms with Crippen molar-refractivity contribution in [2.24, 2.45) is 5.92 Å². The van der Waals surface area contributed by atoms with Gasteiger partial charge in [0.25, 0.3) is 0 Å². The molecule has 1 atom stereocenters. The van der Waals surface area contributed by atoms with Crippen LogP contribution in [0, 0.1) is 5.92 Å². The molecule has 2 nitrogen and oxygen atoms in total. The van der Waals surface area contributed by atoms with Gasteiger partial charge in [0.05, 0.1) is 6.61 Å². The van der Waals surface area contributed by atoms with E-state index in [0.717, 1.165) is 18.8 Å². The van der Waals surface area contributed by atoms with Gasteiger partial charge in [0.15, 0.2) is 0 Å². The Balaban J connectivity index is 1.40. The van der Waals surface area contributed by atoms with Crippen molar-refractivity contribution in [3.05, 3.63) is 65.7 Å². The van der Waals surface area contributed by atoms with Crippen LogP contribution in [-0.2, 0) is 12.8 Å². The van der Waals surface area contributed by atoms with Crippen LogP contribution in [0.5, 0.6) is 5.75 Å². The molecule has 0 spiro atoms. The standard InChI is InChI=1S/C24H33NO/c1-25-18-10-14-22(19-25)20-26-24-17-9-8-16-23(24)15-7-3-6-13-21-11-4-2-5-12-21/h2,4-5,8-9,11-12,16-17,22H,3,6-7,10,13-15,18-20H2,1H3.